The summed E-state index contributed by atoms with van der Waals surface area (Å²) < 4.78 is 0. The average Bonchev–Trinajstić information content (AvgIpc) is 2.38. The first kappa shape index (κ1) is 12.6. The van der Waals surface area contributed by atoms with Crippen LogP contribution in [0.3, 0.4) is 0 Å². The molecule has 1 aromatic heterocycles. The Morgan fingerprint density at radius 2 is 1.83 bits per heavy atom. The van der Waals surface area contributed by atoms with Crippen molar-refractivity contribution in [2.24, 2.45) is 0 Å². The van der Waals surface area contributed by atoms with Crippen molar-refractivity contribution in [3.63, 3.8) is 0 Å². The number of rotatable bonds is 5. The van der Waals surface area contributed by atoms with Gasteiger partial charge in [-0.25, -0.2) is 0 Å². The predicted molar refractivity (Wildman–Crippen MR) is 75.4 cm³/mol. The topological polar surface area (TPSA) is 28.2 Å². The van der Waals surface area contributed by atoms with Gasteiger partial charge in [0.1, 0.15) is 0 Å². The maximum Gasteiger partial charge on any atom is 0.0529 e. The lowest BCUT2D eigenvalue weighted by molar-refractivity contribution is 0.401. The van der Waals surface area contributed by atoms with Crippen LogP contribution in [0.4, 0.5) is 5.69 Å². The Hall–Kier alpha value is -1.87. The number of hydrogen-bond acceptors (Lipinski definition) is 3. The van der Waals surface area contributed by atoms with Gasteiger partial charge in [-0.2, -0.15) is 0 Å². The molecule has 18 heavy (non-hydrogen) atoms. The van der Waals surface area contributed by atoms with Gasteiger partial charge in [-0.05, 0) is 37.4 Å². The third-order valence-electron chi connectivity index (χ3n) is 2.75. The second-order valence-electron chi connectivity index (χ2n) is 4.60. The molecular weight excluding hydrogens is 222 g/mol. The molecule has 0 unspecified atom stereocenters. The number of nitrogens with zero attached hydrogens (tertiary/aromatic N) is 2. The fourth-order valence-corrected chi connectivity index (χ4v) is 1.89. The summed E-state index contributed by atoms with van der Waals surface area (Å²) in [5.41, 5.74) is 3.74. The van der Waals surface area contributed by atoms with Gasteiger partial charge in [0.15, 0.2) is 0 Å². The number of benzene rings is 1. The fraction of sp³-hybridized carbons (Fsp3) is 0.267. The van der Waals surface area contributed by atoms with E-state index in [2.05, 4.69) is 53.6 Å². The van der Waals surface area contributed by atoms with Gasteiger partial charge >= 0.3 is 0 Å². The van der Waals surface area contributed by atoms with E-state index >= 15 is 0 Å². The molecule has 0 spiro atoms. The third-order valence-corrected chi connectivity index (χ3v) is 2.75. The second-order valence-corrected chi connectivity index (χ2v) is 4.60. The van der Waals surface area contributed by atoms with Crippen LogP contribution in [0.5, 0.6) is 0 Å². The van der Waals surface area contributed by atoms with Gasteiger partial charge in [-0.15, -0.1) is 0 Å². The van der Waals surface area contributed by atoms with Gasteiger partial charge in [0.2, 0.25) is 0 Å². The van der Waals surface area contributed by atoms with E-state index in [0.29, 0.717) is 0 Å². The van der Waals surface area contributed by atoms with Crippen LogP contribution in [0, 0.1) is 0 Å². The molecule has 0 saturated carbocycles. The molecule has 0 aliphatic heterocycles. The van der Waals surface area contributed by atoms with Crippen LogP contribution < -0.4 is 5.32 Å². The summed E-state index contributed by atoms with van der Waals surface area (Å²) in [6.45, 7) is 1.79. The maximum atomic E-state index is 4.10. The van der Waals surface area contributed by atoms with Crippen LogP contribution in [0.2, 0.25) is 0 Å². The Morgan fingerprint density at radius 1 is 1.06 bits per heavy atom. The summed E-state index contributed by atoms with van der Waals surface area (Å²) >= 11 is 0. The van der Waals surface area contributed by atoms with Gasteiger partial charge in [-0.1, -0.05) is 24.3 Å². The number of aromatic nitrogens is 1. The zero-order valence-corrected chi connectivity index (χ0v) is 10.9. The minimum Gasteiger partial charge on any atom is -0.380 e. The van der Waals surface area contributed by atoms with E-state index in [1.54, 1.807) is 6.20 Å². The molecule has 1 aromatic carbocycles. The molecule has 0 radical (unpaired) electrons. The SMILES string of the molecule is CN(C)Cc1ccccc1CNc1cccnc1. The van der Waals surface area contributed by atoms with Crippen molar-refractivity contribution in [1.82, 2.24) is 9.88 Å². The van der Waals surface area contributed by atoms with E-state index in [9.17, 15) is 0 Å². The summed E-state index contributed by atoms with van der Waals surface area (Å²) in [6, 6.07) is 12.5. The summed E-state index contributed by atoms with van der Waals surface area (Å²) in [7, 11) is 4.18. The summed E-state index contributed by atoms with van der Waals surface area (Å²) in [5.74, 6) is 0. The van der Waals surface area contributed by atoms with Crippen molar-refractivity contribution in [1.29, 1.82) is 0 Å². The molecule has 0 fully saturated rings. The van der Waals surface area contributed by atoms with Crippen molar-refractivity contribution >= 4 is 5.69 Å². The zero-order valence-electron chi connectivity index (χ0n) is 10.9. The molecule has 0 aliphatic rings. The lowest BCUT2D eigenvalue weighted by Crippen LogP contribution is -2.13. The largest absolute Gasteiger partial charge is 0.380 e. The van der Waals surface area contributed by atoms with Crippen molar-refractivity contribution < 1.29 is 0 Å². The highest BCUT2D eigenvalue weighted by molar-refractivity contribution is 5.41. The van der Waals surface area contributed by atoms with Crippen molar-refractivity contribution in [2.45, 2.75) is 13.1 Å². The molecule has 3 heteroatoms. The molecule has 0 saturated heterocycles. The van der Waals surface area contributed by atoms with E-state index in [1.165, 1.54) is 11.1 Å². The number of anilines is 1. The van der Waals surface area contributed by atoms with Gasteiger partial charge in [0.05, 0.1) is 5.69 Å². The molecule has 2 aromatic rings. The Labute approximate surface area is 108 Å². The monoisotopic (exact) mass is 241 g/mol. The van der Waals surface area contributed by atoms with E-state index in [4.69, 9.17) is 0 Å². The summed E-state index contributed by atoms with van der Waals surface area (Å²) in [5, 5.41) is 3.39. The molecule has 0 aliphatic carbocycles. The first-order chi connectivity index (χ1) is 8.75. The van der Waals surface area contributed by atoms with E-state index in [0.717, 1.165) is 18.8 Å². The van der Waals surface area contributed by atoms with Gasteiger partial charge in [0.25, 0.3) is 0 Å². The van der Waals surface area contributed by atoms with Crippen LogP contribution in [0.25, 0.3) is 0 Å². The summed E-state index contributed by atoms with van der Waals surface area (Å²) in [4.78, 5) is 6.28. The molecule has 1 heterocycles. The maximum absolute atomic E-state index is 4.10. The first-order valence-electron chi connectivity index (χ1n) is 6.11. The molecule has 94 valence electrons. The van der Waals surface area contributed by atoms with Gasteiger partial charge < -0.3 is 10.2 Å². The quantitative estimate of drug-likeness (QED) is 0.872. The zero-order chi connectivity index (χ0) is 12.8. The van der Waals surface area contributed by atoms with Crippen LogP contribution in [0.15, 0.2) is 48.8 Å². The Bertz CT molecular complexity index is 480. The Morgan fingerprint density at radius 3 is 2.50 bits per heavy atom. The van der Waals surface area contributed by atoms with Crippen LogP contribution >= 0.6 is 0 Å². The average molecular weight is 241 g/mol. The molecule has 1 N–H and O–H groups in total. The van der Waals surface area contributed by atoms with Crippen molar-refractivity contribution in [3.05, 3.63) is 59.9 Å². The van der Waals surface area contributed by atoms with Crippen LogP contribution in [-0.4, -0.2) is 24.0 Å². The number of hydrogen-bond donors (Lipinski definition) is 1. The summed E-state index contributed by atoms with van der Waals surface area (Å²) in [6.07, 6.45) is 3.62. The van der Waals surface area contributed by atoms with Crippen LogP contribution in [-0.2, 0) is 13.1 Å². The first-order valence-corrected chi connectivity index (χ1v) is 6.11. The highest BCUT2D eigenvalue weighted by Gasteiger charge is 2.02. The molecule has 0 amide bonds. The molecular formula is C15H19N3. The Kier molecular flexibility index (Phi) is 4.31. The third kappa shape index (κ3) is 3.57. The second kappa shape index (κ2) is 6.17. The highest BCUT2D eigenvalue weighted by atomic mass is 15.0. The van der Waals surface area contributed by atoms with Crippen molar-refractivity contribution in [2.75, 3.05) is 19.4 Å². The van der Waals surface area contributed by atoms with E-state index in [-0.39, 0.29) is 0 Å². The molecule has 0 bridgehead atoms. The van der Waals surface area contributed by atoms with E-state index < -0.39 is 0 Å². The minimum atomic E-state index is 0.829. The number of pyridine rings is 1. The minimum absolute atomic E-state index is 0.829. The predicted octanol–water partition coefficient (Wildman–Crippen LogP) is 2.76. The number of nitrogens with one attached hydrogen (secondary N) is 1. The van der Waals surface area contributed by atoms with Crippen molar-refractivity contribution in [3.8, 4) is 0 Å². The smallest absolute Gasteiger partial charge is 0.0529 e. The van der Waals surface area contributed by atoms with Gasteiger partial charge in [-0.3, -0.25) is 4.98 Å². The van der Waals surface area contributed by atoms with E-state index in [1.807, 2.05) is 18.3 Å². The van der Waals surface area contributed by atoms with Crippen LogP contribution in [0.1, 0.15) is 11.1 Å². The standard InChI is InChI=1S/C15H19N3/c1-18(2)12-14-7-4-3-6-13(14)10-17-15-8-5-9-16-11-15/h3-9,11,17H,10,12H2,1-2H3. The molecule has 3 nitrogen and oxygen atoms in total. The molecule has 2 rings (SSSR count). The lowest BCUT2D eigenvalue weighted by atomic mass is 10.1. The lowest BCUT2D eigenvalue weighted by Gasteiger charge is -2.15. The fourth-order valence-electron chi connectivity index (χ4n) is 1.89. The van der Waals surface area contributed by atoms with Gasteiger partial charge in [0, 0.05) is 25.5 Å². The highest BCUT2D eigenvalue weighted by Crippen LogP contribution is 2.13. The normalized spacial score (nSPS) is 10.6. The Balaban J connectivity index is 2.05. The molecule has 0 atom stereocenters.